The summed E-state index contributed by atoms with van der Waals surface area (Å²) in [6.07, 6.45) is 7.86. The van der Waals surface area contributed by atoms with E-state index in [-0.39, 0.29) is 18.1 Å². The molecule has 1 aromatic heterocycles. The van der Waals surface area contributed by atoms with Gasteiger partial charge in [-0.25, -0.2) is 4.98 Å². The zero-order valence-corrected chi connectivity index (χ0v) is 13.1. The summed E-state index contributed by atoms with van der Waals surface area (Å²) in [4.78, 5) is 18.7. The molecule has 1 amide bonds. The van der Waals surface area contributed by atoms with E-state index in [4.69, 9.17) is 4.74 Å². The Hall–Kier alpha value is -1.47. The second-order valence-corrected chi connectivity index (χ2v) is 6.21. The summed E-state index contributed by atoms with van der Waals surface area (Å²) in [5, 5.41) is 7.21. The number of rotatable bonds is 6. The van der Waals surface area contributed by atoms with E-state index in [1.165, 1.54) is 0 Å². The Morgan fingerprint density at radius 1 is 1.45 bits per heavy atom. The van der Waals surface area contributed by atoms with Crippen LogP contribution in [0.4, 0.5) is 0 Å². The van der Waals surface area contributed by atoms with Crippen molar-refractivity contribution in [1.82, 2.24) is 25.0 Å². The van der Waals surface area contributed by atoms with E-state index in [1.54, 1.807) is 12.7 Å². The molecule has 3 atom stereocenters. The van der Waals surface area contributed by atoms with E-state index in [1.807, 2.05) is 11.6 Å². The topological polar surface area (TPSA) is 72.3 Å². The highest BCUT2D eigenvalue weighted by Gasteiger charge is 2.32. The largest absolute Gasteiger partial charge is 0.376 e. The van der Waals surface area contributed by atoms with Crippen LogP contribution < -0.4 is 5.32 Å². The van der Waals surface area contributed by atoms with Crippen LogP contribution in [0.2, 0.25) is 0 Å². The monoisotopic (exact) mass is 307 g/mol. The second kappa shape index (κ2) is 7.19. The predicted octanol–water partition coefficient (Wildman–Crippen LogP) is 0.426. The summed E-state index contributed by atoms with van der Waals surface area (Å²) >= 11 is 0. The van der Waals surface area contributed by atoms with Gasteiger partial charge in [-0.1, -0.05) is 0 Å². The van der Waals surface area contributed by atoms with Gasteiger partial charge in [-0.3, -0.25) is 14.4 Å². The van der Waals surface area contributed by atoms with E-state index in [0.29, 0.717) is 12.6 Å². The van der Waals surface area contributed by atoms with Gasteiger partial charge in [0.05, 0.1) is 18.7 Å². The molecule has 22 heavy (non-hydrogen) atoms. The molecule has 0 bridgehead atoms. The Morgan fingerprint density at radius 3 is 3.09 bits per heavy atom. The van der Waals surface area contributed by atoms with Crippen LogP contribution in [-0.4, -0.2) is 63.5 Å². The van der Waals surface area contributed by atoms with Crippen molar-refractivity contribution in [2.24, 2.45) is 0 Å². The van der Waals surface area contributed by atoms with Crippen LogP contribution in [0.3, 0.4) is 0 Å². The molecule has 3 heterocycles. The Bertz CT molecular complexity index is 472. The Morgan fingerprint density at radius 2 is 2.36 bits per heavy atom. The number of aromatic nitrogens is 3. The van der Waals surface area contributed by atoms with Crippen molar-refractivity contribution in [2.45, 2.75) is 57.3 Å². The molecule has 0 unspecified atom stereocenters. The number of nitrogens with one attached hydrogen (secondary N) is 1. The molecular formula is C15H25N5O2. The van der Waals surface area contributed by atoms with Crippen LogP contribution in [0.5, 0.6) is 0 Å². The third-order valence-corrected chi connectivity index (χ3v) is 4.69. The van der Waals surface area contributed by atoms with Crippen molar-refractivity contribution in [2.75, 3.05) is 19.7 Å². The van der Waals surface area contributed by atoms with E-state index in [0.717, 1.165) is 45.4 Å². The van der Waals surface area contributed by atoms with Gasteiger partial charge < -0.3 is 10.1 Å². The summed E-state index contributed by atoms with van der Waals surface area (Å²) in [5.41, 5.74) is 0. The van der Waals surface area contributed by atoms with Crippen molar-refractivity contribution in [3.05, 3.63) is 12.7 Å². The molecule has 2 aliphatic heterocycles. The number of hydrogen-bond acceptors (Lipinski definition) is 5. The smallest absolute Gasteiger partial charge is 0.237 e. The molecule has 0 aromatic carbocycles. The maximum atomic E-state index is 12.4. The maximum absolute atomic E-state index is 12.4. The summed E-state index contributed by atoms with van der Waals surface area (Å²) < 4.78 is 7.40. The molecule has 7 heteroatoms. The summed E-state index contributed by atoms with van der Waals surface area (Å²) in [6.45, 7) is 5.20. The molecule has 2 aliphatic rings. The highest BCUT2D eigenvalue weighted by molar-refractivity contribution is 5.81. The molecule has 0 aliphatic carbocycles. The normalized spacial score (nSPS) is 27.1. The number of amides is 1. The van der Waals surface area contributed by atoms with Crippen LogP contribution in [-0.2, 0) is 16.1 Å². The molecule has 1 N–H and O–H groups in total. The average Bonchev–Trinajstić information content (AvgIpc) is 3.27. The third-order valence-electron chi connectivity index (χ3n) is 4.69. The zero-order chi connectivity index (χ0) is 15.4. The zero-order valence-electron chi connectivity index (χ0n) is 13.1. The minimum absolute atomic E-state index is 0.0981. The highest BCUT2D eigenvalue weighted by Crippen LogP contribution is 2.21. The summed E-state index contributed by atoms with van der Waals surface area (Å²) in [6, 6.07) is 0.239. The van der Waals surface area contributed by atoms with Gasteiger partial charge in [0.1, 0.15) is 12.7 Å². The SMILES string of the molecule is C[C@H](C(=O)NC[C@H]1CCCO1)N1CCC[C@H]1Cn1cncn1. The highest BCUT2D eigenvalue weighted by atomic mass is 16.5. The van der Waals surface area contributed by atoms with Crippen LogP contribution in [0.25, 0.3) is 0 Å². The third kappa shape index (κ3) is 3.64. The van der Waals surface area contributed by atoms with Gasteiger partial charge in [-0.15, -0.1) is 0 Å². The first-order valence-corrected chi connectivity index (χ1v) is 8.21. The molecule has 0 saturated carbocycles. The lowest BCUT2D eigenvalue weighted by Gasteiger charge is -2.30. The minimum atomic E-state index is -0.113. The number of nitrogens with zero attached hydrogens (tertiary/aromatic N) is 4. The van der Waals surface area contributed by atoms with Crippen molar-refractivity contribution in [3.8, 4) is 0 Å². The second-order valence-electron chi connectivity index (χ2n) is 6.21. The number of likely N-dealkylation sites (tertiary alicyclic amines) is 1. The lowest BCUT2D eigenvalue weighted by Crippen LogP contribution is -2.49. The summed E-state index contributed by atoms with van der Waals surface area (Å²) in [7, 11) is 0. The Labute approximate surface area is 131 Å². The number of carbonyl (C=O) groups is 1. The number of hydrogen-bond donors (Lipinski definition) is 1. The number of carbonyl (C=O) groups excluding carboxylic acids is 1. The van der Waals surface area contributed by atoms with Gasteiger partial charge in [-0.05, 0) is 39.2 Å². The van der Waals surface area contributed by atoms with Gasteiger partial charge in [0.15, 0.2) is 0 Å². The van der Waals surface area contributed by atoms with Gasteiger partial charge in [0, 0.05) is 19.2 Å². The van der Waals surface area contributed by atoms with E-state index < -0.39 is 0 Å². The standard InChI is InChI=1S/C15H25N5O2/c1-12(15(21)17-8-14-5-3-7-22-14)20-6-2-4-13(20)9-19-11-16-10-18-19/h10-14H,2-9H2,1H3,(H,17,21)/t12-,13+,14-/m1/s1. The first-order valence-electron chi connectivity index (χ1n) is 8.21. The molecule has 0 radical (unpaired) electrons. The van der Waals surface area contributed by atoms with Gasteiger partial charge >= 0.3 is 0 Å². The molecule has 7 nitrogen and oxygen atoms in total. The van der Waals surface area contributed by atoms with Crippen LogP contribution in [0, 0.1) is 0 Å². The molecule has 2 fully saturated rings. The first-order chi connectivity index (χ1) is 10.7. The summed E-state index contributed by atoms with van der Waals surface area (Å²) in [5.74, 6) is 0.0981. The van der Waals surface area contributed by atoms with Gasteiger partial charge in [-0.2, -0.15) is 5.10 Å². The molecule has 0 spiro atoms. The quantitative estimate of drug-likeness (QED) is 0.825. The molecule has 122 valence electrons. The Kier molecular flexibility index (Phi) is 5.04. The van der Waals surface area contributed by atoms with E-state index >= 15 is 0 Å². The van der Waals surface area contributed by atoms with Crippen molar-refractivity contribution in [3.63, 3.8) is 0 Å². The van der Waals surface area contributed by atoms with Crippen molar-refractivity contribution < 1.29 is 9.53 Å². The first kappa shape index (κ1) is 15.4. The lowest BCUT2D eigenvalue weighted by atomic mass is 10.2. The molecule has 2 saturated heterocycles. The maximum Gasteiger partial charge on any atom is 0.237 e. The molecule has 3 rings (SSSR count). The predicted molar refractivity (Wildman–Crippen MR) is 81.2 cm³/mol. The van der Waals surface area contributed by atoms with E-state index in [9.17, 15) is 4.79 Å². The van der Waals surface area contributed by atoms with E-state index in [2.05, 4.69) is 20.3 Å². The minimum Gasteiger partial charge on any atom is -0.376 e. The van der Waals surface area contributed by atoms with Crippen LogP contribution in [0.1, 0.15) is 32.6 Å². The fourth-order valence-corrected chi connectivity index (χ4v) is 3.42. The van der Waals surface area contributed by atoms with Crippen molar-refractivity contribution in [1.29, 1.82) is 0 Å². The van der Waals surface area contributed by atoms with Crippen molar-refractivity contribution >= 4 is 5.91 Å². The van der Waals surface area contributed by atoms with Crippen LogP contribution in [0.15, 0.2) is 12.7 Å². The Balaban J connectivity index is 1.50. The van der Waals surface area contributed by atoms with Crippen LogP contribution >= 0.6 is 0 Å². The molecule has 1 aromatic rings. The number of ether oxygens (including phenoxy) is 1. The fourth-order valence-electron chi connectivity index (χ4n) is 3.42. The van der Waals surface area contributed by atoms with Gasteiger partial charge in [0.2, 0.25) is 5.91 Å². The fraction of sp³-hybridized carbons (Fsp3) is 0.800. The average molecular weight is 307 g/mol. The lowest BCUT2D eigenvalue weighted by molar-refractivity contribution is -0.126. The molecular weight excluding hydrogens is 282 g/mol. The van der Waals surface area contributed by atoms with Gasteiger partial charge in [0.25, 0.3) is 0 Å².